The van der Waals surface area contributed by atoms with Gasteiger partial charge in [-0.05, 0) is 48.8 Å². The molecule has 1 aromatic carbocycles. The first-order chi connectivity index (χ1) is 10.0. The molecular formula is C16H20BrN3O. The van der Waals surface area contributed by atoms with Crippen LogP contribution in [0.4, 0.5) is 5.69 Å². The minimum absolute atomic E-state index is 0.0341. The number of anilines is 1. The average molecular weight is 350 g/mol. The standard InChI is InChI=1S/C16H20BrN3O/c1-4-20(10-15(21)19-11(2)3)14-8-9-18-16-12(14)6-5-7-13(16)17/h5-9,11H,4,10H2,1-3H3,(H,19,21). The van der Waals surface area contributed by atoms with E-state index in [1.807, 2.05) is 45.0 Å². The molecule has 2 aromatic rings. The Balaban J connectivity index is 2.34. The molecule has 0 aliphatic carbocycles. The van der Waals surface area contributed by atoms with Crippen molar-refractivity contribution >= 4 is 38.4 Å². The smallest absolute Gasteiger partial charge is 0.239 e. The van der Waals surface area contributed by atoms with Crippen LogP contribution in [0.5, 0.6) is 0 Å². The van der Waals surface area contributed by atoms with E-state index in [-0.39, 0.29) is 11.9 Å². The van der Waals surface area contributed by atoms with Crippen LogP contribution in [-0.4, -0.2) is 30.0 Å². The van der Waals surface area contributed by atoms with E-state index in [1.165, 1.54) is 0 Å². The fourth-order valence-electron chi connectivity index (χ4n) is 2.31. The minimum Gasteiger partial charge on any atom is -0.362 e. The molecule has 1 amide bonds. The monoisotopic (exact) mass is 349 g/mol. The molecule has 112 valence electrons. The third-order valence-electron chi connectivity index (χ3n) is 3.21. The highest BCUT2D eigenvalue weighted by molar-refractivity contribution is 9.10. The van der Waals surface area contributed by atoms with Crippen molar-refractivity contribution in [1.82, 2.24) is 10.3 Å². The first-order valence-corrected chi connectivity index (χ1v) is 7.89. The number of pyridine rings is 1. The first kappa shape index (κ1) is 15.8. The highest BCUT2D eigenvalue weighted by Crippen LogP contribution is 2.29. The molecule has 1 N–H and O–H groups in total. The molecule has 0 atom stereocenters. The van der Waals surface area contributed by atoms with Gasteiger partial charge >= 0.3 is 0 Å². The number of nitrogens with zero attached hydrogens (tertiary/aromatic N) is 2. The summed E-state index contributed by atoms with van der Waals surface area (Å²) in [6.07, 6.45) is 1.78. The number of carbonyl (C=O) groups is 1. The number of para-hydroxylation sites is 1. The van der Waals surface area contributed by atoms with Gasteiger partial charge in [-0.2, -0.15) is 0 Å². The van der Waals surface area contributed by atoms with Gasteiger partial charge in [0.05, 0.1) is 12.1 Å². The second kappa shape index (κ2) is 6.89. The fraction of sp³-hybridized carbons (Fsp3) is 0.375. The maximum atomic E-state index is 12.0. The Morgan fingerprint density at radius 3 is 2.81 bits per heavy atom. The lowest BCUT2D eigenvalue weighted by atomic mass is 10.1. The third-order valence-corrected chi connectivity index (χ3v) is 3.85. The highest BCUT2D eigenvalue weighted by Gasteiger charge is 2.14. The zero-order valence-electron chi connectivity index (χ0n) is 12.6. The van der Waals surface area contributed by atoms with Crippen LogP contribution in [-0.2, 0) is 4.79 Å². The molecule has 1 heterocycles. The summed E-state index contributed by atoms with van der Waals surface area (Å²) in [6.45, 7) is 7.09. The van der Waals surface area contributed by atoms with Gasteiger partial charge in [-0.25, -0.2) is 0 Å². The van der Waals surface area contributed by atoms with Gasteiger partial charge < -0.3 is 10.2 Å². The normalized spacial score (nSPS) is 10.9. The molecule has 0 unspecified atom stereocenters. The molecule has 5 heteroatoms. The Kier molecular flexibility index (Phi) is 5.17. The van der Waals surface area contributed by atoms with Crippen LogP contribution in [0.1, 0.15) is 20.8 Å². The maximum absolute atomic E-state index is 12.0. The Morgan fingerprint density at radius 2 is 2.14 bits per heavy atom. The lowest BCUT2D eigenvalue weighted by molar-refractivity contribution is -0.120. The number of carbonyl (C=O) groups excluding carboxylic acids is 1. The van der Waals surface area contributed by atoms with Crippen LogP contribution in [0.25, 0.3) is 10.9 Å². The van der Waals surface area contributed by atoms with Crippen molar-refractivity contribution in [2.24, 2.45) is 0 Å². The SMILES string of the molecule is CCN(CC(=O)NC(C)C)c1ccnc2c(Br)cccc12. The van der Waals surface area contributed by atoms with Crippen LogP contribution < -0.4 is 10.2 Å². The van der Waals surface area contributed by atoms with Gasteiger partial charge in [0.25, 0.3) is 0 Å². The molecule has 0 saturated carbocycles. The van der Waals surface area contributed by atoms with Crippen LogP contribution in [0.15, 0.2) is 34.9 Å². The van der Waals surface area contributed by atoms with Gasteiger partial charge in [0, 0.05) is 34.3 Å². The number of halogens is 1. The largest absolute Gasteiger partial charge is 0.362 e. The molecular weight excluding hydrogens is 330 g/mol. The molecule has 0 spiro atoms. The van der Waals surface area contributed by atoms with Gasteiger partial charge in [-0.15, -0.1) is 0 Å². The van der Waals surface area contributed by atoms with Crippen LogP contribution >= 0.6 is 15.9 Å². The van der Waals surface area contributed by atoms with Crippen molar-refractivity contribution in [2.75, 3.05) is 18.0 Å². The Labute approximate surface area is 133 Å². The van der Waals surface area contributed by atoms with E-state index in [2.05, 4.69) is 31.1 Å². The predicted octanol–water partition coefficient (Wildman–Crippen LogP) is 3.35. The number of fused-ring (bicyclic) bond motifs is 1. The van der Waals surface area contributed by atoms with Crippen molar-refractivity contribution in [3.63, 3.8) is 0 Å². The number of aromatic nitrogens is 1. The van der Waals surface area contributed by atoms with Crippen molar-refractivity contribution in [2.45, 2.75) is 26.8 Å². The quantitative estimate of drug-likeness (QED) is 0.900. The summed E-state index contributed by atoms with van der Waals surface area (Å²) in [5.74, 6) is 0.0341. The molecule has 4 nitrogen and oxygen atoms in total. The summed E-state index contributed by atoms with van der Waals surface area (Å²) in [5, 5.41) is 3.98. The number of hydrogen-bond donors (Lipinski definition) is 1. The maximum Gasteiger partial charge on any atom is 0.239 e. The Hall–Kier alpha value is -1.62. The van der Waals surface area contributed by atoms with E-state index >= 15 is 0 Å². The first-order valence-electron chi connectivity index (χ1n) is 7.10. The van der Waals surface area contributed by atoms with Crippen LogP contribution in [0.2, 0.25) is 0 Å². The summed E-state index contributed by atoms with van der Waals surface area (Å²) in [5.41, 5.74) is 1.94. The lowest BCUT2D eigenvalue weighted by Gasteiger charge is -2.24. The predicted molar refractivity (Wildman–Crippen MR) is 90.6 cm³/mol. The summed E-state index contributed by atoms with van der Waals surface area (Å²) >= 11 is 3.53. The summed E-state index contributed by atoms with van der Waals surface area (Å²) in [4.78, 5) is 18.5. The molecule has 0 aliphatic rings. The number of likely N-dealkylation sites (N-methyl/N-ethyl adjacent to an activating group) is 1. The zero-order valence-corrected chi connectivity index (χ0v) is 14.1. The minimum atomic E-state index is 0.0341. The molecule has 0 radical (unpaired) electrons. The number of benzene rings is 1. The van der Waals surface area contributed by atoms with Crippen LogP contribution in [0, 0.1) is 0 Å². The lowest BCUT2D eigenvalue weighted by Crippen LogP contribution is -2.40. The second-order valence-corrected chi connectivity index (χ2v) is 6.06. The molecule has 21 heavy (non-hydrogen) atoms. The summed E-state index contributed by atoms with van der Waals surface area (Å²) in [7, 11) is 0. The summed E-state index contributed by atoms with van der Waals surface area (Å²) in [6, 6.07) is 8.10. The van der Waals surface area contributed by atoms with Gasteiger partial charge in [-0.1, -0.05) is 12.1 Å². The van der Waals surface area contributed by atoms with E-state index in [4.69, 9.17) is 0 Å². The number of nitrogens with one attached hydrogen (secondary N) is 1. The Morgan fingerprint density at radius 1 is 1.38 bits per heavy atom. The van der Waals surface area contributed by atoms with E-state index in [9.17, 15) is 4.79 Å². The molecule has 2 rings (SSSR count). The van der Waals surface area contributed by atoms with Gasteiger partial charge in [0.1, 0.15) is 0 Å². The molecule has 1 aromatic heterocycles. The number of rotatable bonds is 5. The van der Waals surface area contributed by atoms with Crippen molar-refractivity contribution in [3.8, 4) is 0 Å². The molecule has 0 fully saturated rings. The van der Waals surface area contributed by atoms with E-state index in [0.717, 1.165) is 27.6 Å². The Bertz CT molecular complexity index is 642. The number of amides is 1. The second-order valence-electron chi connectivity index (χ2n) is 5.20. The van der Waals surface area contributed by atoms with Gasteiger partial charge in [-0.3, -0.25) is 9.78 Å². The summed E-state index contributed by atoms with van der Waals surface area (Å²) < 4.78 is 0.963. The van der Waals surface area contributed by atoms with E-state index in [0.29, 0.717) is 6.54 Å². The van der Waals surface area contributed by atoms with Crippen LogP contribution in [0.3, 0.4) is 0 Å². The zero-order chi connectivity index (χ0) is 15.4. The molecule has 0 aliphatic heterocycles. The molecule has 0 saturated heterocycles. The molecule has 0 bridgehead atoms. The van der Waals surface area contributed by atoms with Gasteiger partial charge in [0.2, 0.25) is 5.91 Å². The highest BCUT2D eigenvalue weighted by atomic mass is 79.9. The topological polar surface area (TPSA) is 45.2 Å². The fourth-order valence-corrected chi connectivity index (χ4v) is 2.78. The van der Waals surface area contributed by atoms with Crippen molar-refractivity contribution in [1.29, 1.82) is 0 Å². The third kappa shape index (κ3) is 3.73. The van der Waals surface area contributed by atoms with Crippen molar-refractivity contribution < 1.29 is 4.79 Å². The van der Waals surface area contributed by atoms with Gasteiger partial charge in [0.15, 0.2) is 0 Å². The number of hydrogen-bond acceptors (Lipinski definition) is 3. The average Bonchev–Trinajstić information content (AvgIpc) is 2.44. The van der Waals surface area contributed by atoms with Crippen molar-refractivity contribution in [3.05, 3.63) is 34.9 Å². The van der Waals surface area contributed by atoms with E-state index < -0.39 is 0 Å². The van der Waals surface area contributed by atoms with E-state index in [1.54, 1.807) is 6.20 Å².